The third-order valence-corrected chi connectivity index (χ3v) is 13.1. The number of nitrogens with zero attached hydrogens (tertiary/aromatic N) is 2. The van der Waals surface area contributed by atoms with E-state index >= 15 is 0 Å². The molecule has 0 atom stereocenters. The Morgan fingerprint density at radius 2 is 0.557 bits per heavy atom. The molecule has 282 valence electrons. The molecule has 0 amide bonds. The van der Waals surface area contributed by atoms with Gasteiger partial charge in [0.05, 0.1) is 11.4 Å². The summed E-state index contributed by atoms with van der Waals surface area (Å²) in [5.74, 6) is 0. The average Bonchev–Trinajstić information content (AvgIpc) is 3.32. The van der Waals surface area contributed by atoms with E-state index < -0.39 is 0 Å². The molecule has 3 heteroatoms. The molecule has 2 nitrogen and oxygen atoms in total. The Labute approximate surface area is 355 Å². The Morgan fingerprint density at radius 3 is 0.934 bits per heavy atom. The van der Waals surface area contributed by atoms with Gasteiger partial charge in [-0.1, -0.05) is 176 Å². The maximum absolute atomic E-state index is 2.58. The van der Waals surface area contributed by atoms with E-state index in [1.54, 1.807) is 0 Å². The molecule has 2 aliphatic heterocycles. The van der Waals surface area contributed by atoms with Crippen molar-refractivity contribution in [2.24, 2.45) is 0 Å². The molecule has 0 radical (unpaired) electrons. The maximum Gasteiger partial charge on any atom is 0.252 e. The molecular formula is C58H37BN2. The molecule has 0 bridgehead atoms. The van der Waals surface area contributed by atoms with Crippen molar-refractivity contribution in [1.29, 1.82) is 0 Å². The van der Waals surface area contributed by atoms with Crippen molar-refractivity contribution in [1.82, 2.24) is 0 Å². The van der Waals surface area contributed by atoms with Crippen LogP contribution in [0.25, 0.3) is 65.3 Å². The highest BCUT2D eigenvalue weighted by atomic mass is 15.2. The minimum atomic E-state index is -0.0147. The lowest BCUT2D eigenvalue weighted by molar-refractivity contribution is 1.26. The van der Waals surface area contributed by atoms with Crippen LogP contribution in [-0.4, -0.2) is 6.71 Å². The predicted molar refractivity (Wildman–Crippen MR) is 261 cm³/mol. The first-order valence-electron chi connectivity index (χ1n) is 21.2. The number of benzene rings is 11. The van der Waals surface area contributed by atoms with E-state index in [2.05, 4.69) is 234 Å². The van der Waals surface area contributed by atoms with E-state index in [0.717, 1.165) is 0 Å². The van der Waals surface area contributed by atoms with Gasteiger partial charge in [0.1, 0.15) is 0 Å². The highest BCUT2D eigenvalue weighted by Crippen LogP contribution is 2.50. The monoisotopic (exact) mass is 772 g/mol. The van der Waals surface area contributed by atoms with Crippen LogP contribution in [0.4, 0.5) is 34.1 Å². The third-order valence-electron chi connectivity index (χ3n) is 13.1. The second kappa shape index (κ2) is 13.3. The van der Waals surface area contributed by atoms with Crippen LogP contribution in [0.5, 0.6) is 0 Å². The van der Waals surface area contributed by atoms with Crippen LogP contribution in [0.3, 0.4) is 0 Å². The van der Waals surface area contributed by atoms with Crippen molar-refractivity contribution in [3.05, 3.63) is 224 Å². The zero-order chi connectivity index (χ0) is 40.0. The summed E-state index contributed by atoms with van der Waals surface area (Å²) in [6.07, 6.45) is 0. The van der Waals surface area contributed by atoms with Crippen molar-refractivity contribution in [3.63, 3.8) is 0 Å². The van der Waals surface area contributed by atoms with Gasteiger partial charge in [-0.3, -0.25) is 0 Å². The van der Waals surface area contributed by atoms with Gasteiger partial charge in [0.2, 0.25) is 0 Å². The minimum Gasteiger partial charge on any atom is -0.311 e. The maximum atomic E-state index is 2.58. The fourth-order valence-electron chi connectivity index (χ4n) is 10.3. The van der Waals surface area contributed by atoms with Crippen molar-refractivity contribution < 1.29 is 0 Å². The smallest absolute Gasteiger partial charge is 0.252 e. The number of rotatable bonds is 4. The van der Waals surface area contributed by atoms with Crippen LogP contribution in [-0.2, 0) is 0 Å². The fourth-order valence-corrected chi connectivity index (χ4v) is 10.3. The predicted octanol–water partition coefficient (Wildman–Crippen LogP) is 13.7. The van der Waals surface area contributed by atoms with Gasteiger partial charge in [-0.05, 0) is 119 Å². The summed E-state index contributed by atoms with van der Waals surface area (Å²) in [6.45, 7) is -0.0147. The molecule has 0 aromatic heterocycles. The Bertz CT molecular complexity index is 3330. The van der Waals surface area contributed by atoms with E-state index in [9.17, 15) is 0 Å². The molecule has 0 N–H and O–H groups in total. The molecule has 0 spiro atoms. The Balaban J connectivity index is 1.17. The number of anilines is 6. The molecular weight excluding hydrogens is 735 g/mol. The van der Waals surface area contributed by atoms with Gasteiger partial charge in [-0.25, -0.2) is 0 Å². The molecule has 2 heterocycles. The Kier molecular flexibility index (Phi) is 7.43. The Morgan fingerprint density at radius 1 is 0.246 bits per heavy atom. The first kappa shape index (κ1) is 34.0. The second-order valence-corrected chi connectivity index (χ2v) is 16.5. The van der Waals surface area contributed by atoms with Gasteiger partial charge >= 0.3 is 0 Å². The van der Waals surface area contributed by atoms with Crippen LogP contribution in [0.2, 0.25) is 0 Å². The van der Waals surface area contributed by atoms with Crippen LogP contribution in [0, 0.1) is 0 Å². The molecule has 0 aliphatic carbocycles. The zero-order valence-corrected chi connectivity index (χ0v) is 33.3. The van der Waals surface area contributed by atoms with Gasteiger partial charge in [0.15, 0.2) is 0 Å². The second-order valence-electron chi connectivity index (χ2n) is 16.5. The third kappa shape index (κ3) is 5.24. The summed E-state index contributed by atoms with van der Waals surface area (Å²) in [7, 11) is 0. The van der Waals surface area contributed by atoms with E-state index in [1.807, 2.05) is 0 Å². The quantitative estimate of drug-likeness (QED) is 0.164. The van der Waals surface area contributed by atoms with E-state index in [0.29, 0.717) is 0 Å². The normalized spacial score (nSPS) is 12.8. The van der Waals surface area contributed by atoms with Gasteiger partial charge in [-0.2, -0.15) is 0 Å². The molecule has 0 fully saturated rings. The van der Waals surface area contributed by atoms with E-state index in [1.165, 1.54) is 116 Å². The molecule has 11 aromatic carbocycles. The lowest BCUT2D eigenvalue weighted by Gasteiger charge is -2.45. The summed E-state index contributed by atoms with van der Waals surface area (Å²) in [5, 5.41) is 9.84. The molecule has 2 aliphatic rings. The van der Waals surface area contributed by atoms with Gasteiger partial charge in [0.25, 0.3) is 6.71 Å². The topological polar surface area (TPSA) is 6.48 Å². The summed E-state index contributed by atoms with van der Waals surface area (Å²) in [4.78, 5) is 5.16. The number of fused-ring (bicyclic) bond motifs is 8. The van der Waals surface area contributed by atoms with Crippen molar-refractivity contribution in [3.8, 4) is 22.3 Å². The van der Waals surface area contributed by atoms with Crippen LogP contribution >= 0.6 is 0 Å². The highest BCUT2D eigenvalue weighted by molar-refractivity contribution is 7.00. The van der Waals surface area contributed by atoms with Crippen molar-refractivity contribution in [2.75, 3.05) is 9.80 Å². The first-order chi connectivity index (χ1) is 30.2. The molecule has 0 saturated carbocycles. The van der Waals surface area contributed by atoms with Gasteiger partial charge in [0, 0.05) is 33.9 Å². The van der Waals surface area contributed by atoms with Crippen LogP contribution < -0.4 is 26.2 Å². The molecule has 0 unspecified atom stereocenters. The number of hydrogen-bond acceptors (Lipinski definition) is 2. The molecule has 13 rings (SSSR count). The lowest BCUT2D eigenvalue weighted by atomic mass is 9.33. The summed E-state index contributed by atoms with van der Waals surface area (Å²) < 4.78 is 0. The summed E-state index contributed by atoms with van der Waals surface area (Å²) >= 11 is 0. The summed E-state index contributed by atoms with van der Waals surface area (Å²) in [5.41, 5.74) is 15.9. The average molecular weight is 773 g/mol. The van der Waals surface area contributed by atoms with Crippen LogP contribution in [0.1, 0.15) is 0 Å². The molecule has 61 heavy (non-hydrogen) atoms. The molecule has 11 aromatic rings. The highest BCUT2D eigenvalue weighted by Gasteiger charge is 2.44. The van der Waals surface area contributed by atoms with Crippen molar-refractivity contribution >= 4 is 100 Å². The van der Waals surface area contributed by atoms with E-state index in [-0.39, 0.29) is 6.71 Å². The summed E-state index contributed by atoms with van der Waals surface area (Å²) in [6, 6.07) is 83.5. The lowest BCUT2D eigenvalue weighted by Crippen LogP contribution is -2.61. The standard InChI is InChI=1S/C58H37BN2/c1-3-16-38(17-4-1)48-30-40-20-7-11-24-44(40)34-54(48)60-52-28-15-29-53-58(52)59(50-32-42-22-9-13-26-46(42)36-56(50)60)51-33-43-23-10-14-27-47(43)37-57(51)61(53)55-35-45-25-12-8-21-41(45)31-49(55)39-18-5-2-6-19-39/h1-37H. The van der Waals surface area contributed by atoms with Crippen molar-refractivity contribution in [2.45, 2.75) is 0 Å². The zero-order valence-electron chi connectivity index (χ0n) is 33.3. The minimum absolute atomic E-state index is 0.0147. The fraction of sp³-hybridized carbons (Fsp3) is 0. The van der Waals surface area contributed by atoms with Gasteiger partial charge in [-0.15, -0.1) is 0 Å². The largest absolute Gasteiger partial charge is 0.311 e. The number of hydrogen-bond donors (Lipinski definition) is 0. The SMILES string of the molecule is c1ccc(-c2cc3ccccc3cc2N2c3cc4ccccc4cc3B3c4cc5ccccc5cc4N(c4cc5ccccc5cc4-c4ccccc4)c4cccc2c43)cc1. The van der Waals surface area contributed by atoms with Gasteiger partial charge < -0.3 is 9.80 Å². The van der Waals surface area contributed by atoms with E-state index in [4.69, 9.17) is 0 Å². The van der Waals surface area contributed by atoms with Crippen LogP contribution in [0.15, 0.2) is 224 Å². The first-order valence-corrected chi connectivity index (χ1v) is 21.2. The Hall–Kier alpha value is -7.88. The molecule has 0 saturated heterocycles.